The van der Waals surface area contributed by atoms with Crippen molar-refractivity contribution < 1.29 is 9.47 Å². The third-order valence-corrected chi connectivity index (χ3v) is 5.47. The first-order chi connectivity index (χ1) is 14.3. The molecule has 0 spiro atoms. The van der Waals surface area contributed by atoms with Crippen LogP contribution in [-0.4, -0.2) is 34.0 Å². The molecule has 0 radical (unpaired) electrons. The average molecular weight is 403 g/mol. The largest absolute Gasteiger partial charge is 0.454 e. The van der Waals surface area contributed by atoms with Crippen molar-refractivity contribution in [2.45, 2.75) is 6.54 Å². The summed E-state index contributed by atoms with van der Waals surface area (Å²) in [6, 6.07) is 15.9. The van der Waals surface area contributed by atoms with Crippen molar-refractivity contribution in [3.8, 4) is 33.3 Å². The van der Waals surface area contributed by atoms with Gasteiger partial charge in [-0.3, -0.25) is 0 Å². The lowest BCUT2D eigenvalue weighted by atomic mass is 10.1. The number of nitrogens with zero attached hydrogens (tertiary/aromatic N) is 5. The quantitative estimate of drug-likeness (QED) is 0.498. The van der Waals surface area contributed by atoms with Crippen LogP contribution < -0.4 is 14.4 Å². The van der Waals surface area contributed by atoms with Gasteiger partial charge in [0.1, 0.15) is 5.01 Å². The molecule has 5 rings (SSSR count). The Kier molecular flexibility index (Phi) is 4.53. The Hall–Kier alpha value is -3.52. The molecule has 3 heterocycles. The van der Waals surface area contributed by atoms with Crippen LogP contribution in [0.5, 0.6) is 11.5 Å². The number of rotatable bonds is 5. The topological polar surface area (TPSA) is 73.3 Å². The number of fused-ring (bicyclic) bond motifs is 1. The van der Waals surface area contributed by atoms with Gasteiger partial charge >= 0.3 is 0 Å². The van der Waals surface area contributed by atoms with E-state index in [1.165, 1.54) is 0 Å². The zero-order chi connectivity index (χ0) is 19.6. The zero-order valence-corrected chi connectivity index (χ0v) is 16.5. The molecular weight excluding hydrogens is 386 g/mol. The van der Waals surface area contributed by atoms with Crippen molar-refractivity contribution in [2.24, 2.45) is 0 Å². The maximum absolute atomic E-state index is 5.45. The SMILES string of the molecule is CN(Cc1csc(-c2ccccc2)n1)c1nncc(-c2ccc3c(c2)OCO3)n1. The van der Waals surface area contributed by atoms with Crippen LogP contribution in [0.4, 0.5) is 5.95 Å². The third-order valence-electron chi connectivity index (χ3n) is 4.53. The van der Waals surface area contributed by atoms with E-state index in [1.807, 2.05) is 48.3 Å². The van der Waals surface area contributed by atoms with E-state index >= 15 is 0 Å². The number of ether oxygens (including phenoxy) is 2. The van der Waals surface area contributed by atoms with Crippen LogP contribution in [0.1, 0.15) is 5.69 Å². The van der Waals surface area contributed by atoms with Gasteiger partial charge in [0.15, 0.2) is 11.5 Å². The van der Waals surface area contributed by atoms with Crippen molar-refractivity contribution >= 4 is 17.3 Å². The van der Waals surface area contributed by atoms with Crippen LogP contribution in [0.15, 0.2) is 60.1 Å². The Morgan fingerprint density at radius 1 is 1.00 bits per heavy atom. The molecule has 4 aromatic rings. The number of thiazole rings is 1. The van der Waals surface area contributed by atoms with E-state index in [9.17, 15) is 0 Å². The normalized spacial score (nSPS) is 12.2. The van der Waals surface area contributed by atoms with Crippen molar-refractivity contribution in [1.29, 1.82) is 0 Å². The maximum Gasteiger partial charge on any atom is 0.246 e. The van der Waals surface area contributed by atoms with Crippen molar-refractivity contribution in [2.75, 3.05) is 18.7 Å². The van der Waals surface area contributed by atoms with Crippen LogP contribution in [-0.2, 0) is 6.54 Å². The van der Waals surface area contributed by atoms with Crippen LogP contribution >= 0.6 is 11.3 Å². The maximum atomic E-state index is 5.45. The van der Waals surface area contributed by atoms with E-state index in [2.05, 4.69) is 32.7 Å². The summed E-state index contributed by atoms with van der Waals surface area (Å²) in [6.45, 7) is 0.836. The first-order valence-corrected chi connectivity index (χ1v) is 9.95. The molecule has 29 heavy (non-hydrogen) atoms. The highest BCUT2D eigenvalue weighted by molar-refractivity contribution is 7.13. The van der Waals surface area contributed by atoms with Crippen molar-refractivity contribution in [3.63, 3.8) is 0 Å². The second-order valence-corrected chi connectivity index (χ2v) is 7.43. The molecule has 0 fully saturated rings. The van der Waals surface area contributed by atoms with E-state index in [0.717, 1.165) is 33.3 Å². The first-order valence-electron chi connectivity index (χ1n) is 9.07. The summed E-state index contributed by atoms with van der Waals surface area (Å²) in [4.78, 5) is 11.3. The fourth-order valence-corrected chi connectivity index (χ4v) is 3.87. The number of anilines is 1. The molecule has 2 aromatic heterocycles. The minimum atomic E-state index is 0.243. The molecule has 1 aliphatic rings. The molecule has 2 aromatic carbocycles. The van der Waals surface area contributed by atoms with Gasteiger partial charge in [-0.25, -0.2) is 9.97 Å². The summed E-state index contributed by atoms with van der Waals surface area (Å²) in [5.41, 5.74) is 3.71. The standard InChI is InChI=1S/C21H17N5O2S/c1-26(11-16-12-29-20(23-16)14-5-3-2-4-6-14)21-24-17(10-22-25-21)15-7-8-18-19(9-15)28-13-27-18/h2-10,12H,11,13H2,1H3. The lowest BCUT2D eigenvalue weighted by Gasteiger charge is -2.15. The summed E-state index contributed by atoms with van der Waals surface area (Å²) < 4.78 is 10.8. The Morgan fingerprint density at radius 3 is 2.76 bits per heavy atom. The zero-order valence-electron chi connectivity index (χ0n) is 15.6. The average Bonchev–Trinajstić information content (AvgIpc) is 3.43. The smallest absolute Gasteiger partial charge is 0.246 e. The van der Waals surface area contributed by atoms with Gasteiger partial charge in [0, 0.05) is 23.6 Å². The van der Waals surface area contributed by atoms with E-state index in [-0.39, 0.29) is 6.79 Å². The van der Waals surface area contributed by atoms with E-state index < -0.39 is 0 Å². The van der Waals surface area contributed by atoms with Crippen molar-refractivity contribution in [3.05, 3.63) is 65.8 Å². The molecule has 0 amide bonds. The van der Waals surface area contributed by atoms with Gasteiger partial charge in [0.05, 0.1) is 24.1 Å². The van der Waals surface area contributed by atoms with Crippen LogP contribution in [0.25, 0.3) is 21.8 Å². The number of hydrogen-bond acceptors (Lipinski definition) is 8. The Bertz CT molecular complexity index is 1150. The predicted molar refractivity (Wildman–Crippen MR) is 111 cm³/mol. The molecular formula is C21H17N5O2S. The highest BCUT2D eigenvalue weighted by atomic mass is 32.1. The number of hydrogen-bond donors (Lipinski definition) is 0. The molecule has 0 aliphatic carbocycles. The Balaban J connectivity index is 1.35. The summed E-state index contributed by atoms with van der Waals surface area (Å²) in [5.74, 6) is 1.99. The molecule has 1 aliphatic heterocycles. The second kappa shape index (κ2) is 7.48. The fraction of sp³-hybridized carbons (Fsp3) is 0.143. The number of aromatic nitrogens is 4. The molecule has 8 heteroatoms. The molecule has 0 bridgehead atoms. The first kappa shape index (κ1) is 17.6. The third kappa shape index (κ3) is 3.62. The van der Waals surface area contributed by atoms with Crippen LogP contribution in [0, 0.1) is 0 Å². The molecule has 0 atom stereocenters. The minimum Gasteiger partial charge on any atom is -0.454 e. The Morgan fingerprint density at radius 2 is 1.86 bits per heavy atom. The lowest BCUT2D eigenvalue weighted by Crippen LogP contribution is -2.20. The van der Waals surface area contributed by atoms with Gasteiger partial charge in [-0.05, 0) is 18.2 Å². The Labute approximate surface area is 171 Å². The second-order valence-electron chi connectivity index (χ2n) is 6.58. The van der Waals surface area contributed by atoms with Gasteiger partial charge < -0.3 is 14.4 Å². The summed E-state index contributed by atoms with van der Waals surface area (Å²) in [7, 11) is 1.93. The molecule has 144 valence electrons. The van der Waals surface area contributed by atoms with Gasteiger partial charge in [-0.2, -0.15) is 5.10 Å². The summed E-state index contributed by atoms with van der Waals surface area (Å²) in [6.07, 6.45) is 1.64. The van der Waals surface area contributed by atoms with Gasteiger partial charge in [-0.15, -0.1) is 16.4 Å². The molecule has 0 unspecified atom stereocenters. The van der Waals surface area contributed by atoms with E-state index in [4.69, 9.17) is 14.5 Å². The highest BCUT2D eigenvalue weighted by Gasteiger charge is 2.16. The van der Waals surface area contributed by atoms with Gasteiger partial charge in [0.2, 0.25) is 12.7 Å². The fourth-order valence-electron chi connectivity index (χ4n) is 3.06. The summed E-state index contributed by atoms with van der Waals surface area (Å²) >= 11 is 1.63. The molecule has 7 nitrogen and oxygen atoms in total. The van der Waals surface area contributed by atoms with Gasteiger partial charge in [-0.1, -0.05) is 30.3 Å². The van der Waals surface area contributed by atoms with Crippen LogP contribution in [0.3, 0.4) is 0 Å². The number of benzene rings is 2. The summed E-state index contributed by atoms with van der Waals surface area (Å²) in [5, 5.41) is 11.4. The van der Waals surface area contributed by atoms with Gasteiger partial charge in [0.25, 0.3) is 0 Å². The lowest BCUT2D eigenvalue weighted by molar-refractivity contribution is 0.174. The minimum absolute atomic E-state index is 0.243. The predicted octanol–water partition coefficient (Wildman–Crippen LogP) is 4.03. The highest BCUT2D eigenvalue weighted by Crippen LogP contribution is 2.35. The van der Waals surface area contributed by atoms with E-state index in [0.29, 0.717) is 18.2 Å². The monoisotopic (exact) mass is 403 g/mol. The van der Waals surface area contributed by atoms with E-state index in [1.54, 1.807) is 17.5 Å². The van der Waals surface area contributed by atoms with Crippen LogP contribution in [0.2, 0.25) is 0 Å². The molecule has 0 N–H and O–H groups in total. The molecule has 0 saturated carbocycles. The van der Waals surface area contributed by atoms with Crippen molar-refractivity contribution in [1.82, 2.24) is 20.2 Å². The molecule has 0 saturated heterocycles.